The van der Waals surface area contributed by atoms with Crippen LogP contribution in [0, 0.1) is 5.41 Å². The van der Waals surface area contributed by atoms with Gasteiger partial charge in [0, 0.05) is 12.3 Å². The van der Waals surface area contributed by atoms with Crippen LogP contribution >= 0.6 is 15.2 Å². The minimum Gasteiger partial charge on any atom is -0.396 e. The maximum absolute atomic E-state index is 10.1. The first kappa shape index (κ1) is 29.9. The lowest BCUT2D eigenvalue weighted by atomic mass is 9.93. The molecule has 0 bridgehead atoms. The SMILES string of the molecule is CCCCP(=O)(O)O.CCCCP(=O)(O)O.OCC(CO)(CO)CO. The molecule has 0 aliphatic carbocycles. The van der Waals surface area contributed by atoms with Gasteiger partial charge in [0.25, 0.3) is 0 Å². The normalized spacial score (nSPS) is 11.9. The molecule has 0 saturated heterocycles. The third-order valence-corrected chi connectivity index (χ3v) is 4.75. The molecule has 0 heterocycles. The zero-order valence-electron chi connectivity index (χ0n) is 14.9. The van der Waals surface area contributed by atoms with Crippen LogP contribution in [0.4, 0.5) is 0 Å². The van der Waals surface area contributed by atoms with Crippen LogP contribution in [0.15, 0.2) is 0 Å². The predicted octanol–water partition coefficient (Wildman–Crippen LogP) is -0.130. The first-order chi connectivity index (χ1) is 11.4. The Hall–Kier alpha value is 0.140. The summed E-state index contributed by atoms with van der Waals surface area (Å²) in [6.07, 6.45) is 2.97. The zero-order chi connectivity index (χ0) is 20.6. The van der Waals surface area contributed by atoms with Crippen molar-refractivity contribution in [1.29, 1.82) is 0 Å². The topological polar surface area (TPSA) is 196 Å². The molecule has 12 heteroatoms. The van der Waals surface area contributed by atoms with E-state index in [1.807, 2.05) is 13.8 Å². The van der Waals surface area contributed by atoms with E-state index in [4.69, 9.17) is 40.0 Å². The number of hydrogen-bond donors (Lipinski definition) is 8. The van der Waals surface area contributed by atoms with E-state index in [9.17, 15) is 9.13 Å². The fraction of sp³-hybridized carbons (Fsp3) is 1.00. The molecule has 25 heavy (non-hydrogen) atoms. The molecule has 156 valence electrons. The fourth-order valence-corrected chi connectivity index (χ4v) is 2.48. The molecule has 0 atom stereocenters. The Bertz CT molecular complexity index is 331. The highest BCUT2D eigenvalue weighted by atomic mass is 31.2. The number of aliphatic hydroxyl groups is 4. The van der Waals surface area contributed by atoms with E-state index in [1.165, 1.54) is 0 Å². The zero-order valence-corrected chi connectivity index (χ0v) is 16.6. The molecular formula is C13H34O10P2. The third kappa shape index (κ3) is 24.1. The number of rotatable bonds is 10. The van der Waals surface area contributed by atoms with E-state index in [0.717, 1.165) is 12.8 Å². The number of hydrogen-bond acceptors (Lipinski definition) is 6. The summed E-state index contributed by atoms with van der Waals surface area (Å²) in [4.78, 5) is 33.0. The van der Waals surface area contributed by atoms with Crippen molar-refractivity contribution in [3.8, 4) is 0 Å². The van der Waals surface area contributed by atoms with Gasteiger partial charge in [-0.1, -0.05) is 26.7 Å². The fourth-order valence-electron chi connectivity index (χ4n) is 1.03. The molecule has 0 fully saturated rings. The molecule has 0 rings (SSSR count). The highest BCUT2D eigenvalue weighted by molar-refractivity contribution is 7.52. The van der Waals surface area contributed by atoms with Gasteiger partial charge in [-0.3, -0.25) is 9.13 Å². The van der Waals surface area contributed by atoms with Gasteiger partial charge in [0.05, 0.1) is 31.8 Å². The molecular weight excluding hydrogens is 378 g/mol. The number of aliphatic hydroxyl groups excluding tert-OH is 4. The van der Waals surface area contributed by atoms with Crippen molar-refractivity contribution in [1.82, 2.24) is 0 Å². The predicted molar refractivity (Wildman–Crippen MR) is 94.4 cm³/mol. The molecule has 0 saturated carbocycles. The molecule has 0 aromatic carbocycles. The van der Waals surface area contributed by atoms with Crippen molar-refractivity contribution >= 4 is 15.2 Å². The van der Waals surface area contributed by atoms with E-state index in [2.05, 4.69) is 0 Å². The molecule has 0 radical (unpaired) electrons. The second kappa shape index (κ2) is 16.3. The first-order valence-electron chi connectivity index (χ1n) is 7.89. The molecule has 0 unspecified atom stereocenters. The van der Waals surface area contributed by atoms with Crippen molar-refractivity contribution in [2.75, 3.05) is 38.8 Å². The van der Waals surface area contributed by atoms with Crippen LogP contribution < -0.4 is 0 Å². The van der Waals surface area contributed by atoms with Crippen LogP contribution in [0.1, 0.15) is 39.5 Å². The summed E-state index contributed by atoms with van der Waals surface area (Å²) in [7, 11) is -7.36. The molecule has 0 spiro atoms. The summed E-state index contributed by atoms with van der Waals surface area (Å²) < 4.78 is 20.2. The molecule has 0 amide bonds. The lowest BCUT2D eigenvalue weighted by Gasteiger charge is -2.23. The van der Waals surface area contributed by atoms with Crippen LogP contribution in [0.5, 0.6) is 0 Å². The average Bonchev–Trinajstić information content (AvgIpc) is 2.53. The van der Waals surface area contributed by atoms with Crippen LogP contribution in [0.2, 0.25) is 0 Å². The van der Waals surface area contributed by atoms with Gasteiger partial charge < -0.3 is 40.0 Å². The Morgan fingerprint density at radius 3 is 0.920 bits per heavy atom. The maximum atomic E-state index is 10.1. The summed E-state index contributed by atoms with van der Waals surface area (Å²) in [5.74, 6) is 0. The third-order valence-electron chi connectivity index (χ3n) is 2.95. The summed E-state index contributed by atoms with van der Waals surface area (Å²) in [6, 6.07) is 0. The highest BCUT2D eigenvalue weighted by Gasteiger charge is 2.26. The van der Waals surface area contributed by atoms with Crippen molar-refractivity contribution in [3.05, 3.63) is 0 Å². The van der Waals surface area contributed by atoms with Gasteiger partial charge >= 0.3 is 15.2 Å². The Kier molecular flexibility index (Phi) is 19.5. The smallest absolute Gasteiger partial charge is 0.325 e. The van der Waals surface area contributed by atoms with E-state index >= 15 is 0 Å². The molecule has 0 aromatic rings. The Labute approximate surface area is 148 Å². The maximum Gasteiger partial charge on any atom is 0.325 e. The quantitative estimate of drug-likeness (QED) is 0.224. The summed E-state index contributed by atoms with van der Waals surface area (Å²) in [5, 5.41) is 34.0. The van der Waals surface area contributed by atoms with Gasteiger partial charge in [0.2, 0.25) is 0 Å². The summed E-state index contributed by atoms with van der Waals surface area (Å²) in [6.45, 7) is 2.17. The van der Waals surface area contributed by atoms with Crippen molar-refractivity contribution in [3.63, 3.8) is 0 Å². The van der Waals surface area contributed by atoms with Crippen molar-refractivity contribution < 1.29 is 49.1 Å². The van der Waals surface area contributed by atoms with Crippen molar-refractivity contribution in [2.45, 2.75) is 39.5 Å². The van der Waals surface area contributed by atoms with Crippen LogP contribution in [0.3, 0.4) is 0 Å². The summed E-state index contributed by atoms with van der Waals surface area (Å²) in [5.41, 5.74) is -1.11. The van der Waals surface area contributed by atoms with Gasteiger partial charge in [-0.05, 0) is 12.8 Å². The summed E-state index contributed by atoms with van der Waals surface area (Å²) >= 11 is 0. The Morgan fingerprint density at radius 1 is 0.640 bits per heavy atom. The Balaban J connectivity index is -0.000000291. The standard InChI is InChI=1S/C5H12O4.2C4H11O3P/c6-1-5(2-7,3-8)4-9;2*1-2-3-4-8(5,6)7/h6-9H,1-4H2;2*2-4H2,1H3,(H2,5,6,7). The Morgan fingerprint density at radius 2 is 0.880 bits per heavy atom. The molecule has 0 aliphatic heterocycles. The molecule has 0 aliphatic rings. The van der Waals surface area contributed by atoms with E-state index in [0.29, 0.717) is 12.8 Å². The lowest BCUT2D eigenvalue weighted by molar-refractivity contribution is -0.0328. The molecule has 0 aromatic heterocycles. The van der Waals surface area contributed by atoms with Gasteiger partial charge in [-0.2, -0.15) is 0 Å². The minimum absolute atomic E-state index is 0.0312. The molecule has 10 nitrogen and oxygen atoms in total. The van der Waals surface area contributed by atoms with Crippen LogP contribution in [-0.4, -0.2) is 78.8 Å². The van der Waals surface area contributed by atoms with Crippen LogP contribution in [0.25, 0.3) is 0 Å². The largest absolute Gasteiger partial charge is 0.396 e. The second-order valence-electron chi connectivity index (χ2n) is 5.62. The van der Waals surface area contributed by atoms with Crippen LogP contribution in [-0.2, 0) is 9.13 Å². The van der Waals surface area contributed by atoms with E-state index < -0.39 is 47.0 Å². The van der Waals surface area contributed by atoms with Gasteiger partial charge in [0.1, 0.15) is 0 Å². The average molecular weight is 412 g/mol. The van der Waals surface area contributed by atoms with Crippen molar-refractivity contribution in [2.24, 2.45) is 5.41 Å². The first-order valence-corrected chi connectivity index (χ1v) is 11.5. The number of unbranched alkanes of at least 4 members (excludes halogenated alkanes) is 2. The molecule has 8 N–H and O–H groups in total. The monoisotopic (exact) mass is 412 g/mol. The second-order valence-corrected chi connectivity index (χ2v) is 9.17. The minimum atomic E-state index is -3.68. The lowest BCUT2D eigenvalue weighted by Crippen LogP contribution is -2.37. The van der Waals surface area contributed by atoms with Gasteiger partial charge in [-0.25, -0.2) is 0 Å². The van der Waals surface area contributed by atoms with E-state index in [1.54, 1.807) is 0 Å². The van der Waals surface area contributed by atoms with Gasteiger partial charge in [0.15, 0.2) is 0 Å². The van der Waals surface area contributed by atoms with E-state index in [-0.39, 0.29) is 12.3 Å². The van der Waals surface area contributed by atoms with Gasteiger partial charge in [-0.15, -0.1) is 0 Å². The highest BCUT2D eigenvalue weighted by Crippen LogP contribution is 2.35.